The van der Waals surface area contributed by atoms with Crippen LogP contribution in [0.3, 0.4) is 0 Å². The van der Waals surface area contributed by atoms with Gasteiger partial charge in [-0.25, -0.2) is 0 Å². The summed E-state index contributed by atoms with van der Waals surface area (Å²) in [6.45, 7) is 5.46. The highest BCUT2D eigenvalue weighted by molar-refractivity contribution is 5.97. The summed E-state index contributed by atoms with van der Waals surface area (Å²) in [5.74, 6) is -1.20. The fraction of sp³-hybridized carbons (Fsp3) is 0.471. The first-order chi connectivity index (χ1) is 10.2. The topological polar surface area (TPSA) is 83.5 Å². The first kappa shape index (κ1) is 17.9. The molecule has 1 aromatic carbocycles. The van der Waals surface area contributed by atoms with Crippen molar-refractivity contribution >= 4 is 17.7 Å². The summed E-state index contributed by atoms with van der Waals surface area (Å²) in [6, 6.07) is 7.23. The van der Waals surface area contributed by atoms with E-state index in [2.05, 4.69) is 5.32 Å². The van der Waals surface area contributed by atoms with Gasteiger partial charge in [-0.15, -0.1) is 0 Å². The Hall–Kier alpha value is -2.17. The number of carbonyl (C=O) groups excluding carboxylic acids is 2. The monoisotopic (exact) mass is 305 g/mol. The molecule has 1 rings (SSSR count). The molecule has 0 bridgehead atoms. The van der Waals surface area contributed by atoms with Gasteiger partial charge < -0.3 is 10.4 Å². The number of aliphatic carboxylic acids is 1. The van der Waals surface area contributed by atoms with Crippen molar-refractivity contribution in [1.82, 2.24) is 5.32 Å². The quantitative estimate of drug-likeness (QED) is 0.723. The Labute approximate surface area is 130 Å². The smallest absolute Gasteiger partial charge is 0.309 e. The molecule has 1 amide bonds. The van der Waals surface area contributed by atoms with Crippen LogP contribution >= 0.6 is 0 Å². The van der Waals surface area contributed by atoms with Gasteiger partial charge in [0, 0.05) is 24.9 Å². The van der Waals surface area contributed by atoms with E-state index in [4.69, 9.17) is 5.11 Å². The van der Waals surface area contributed by atoms with E-state index in [1.54, 1.807) is 26.0 Å². The number of carboxylic acids is 1. The number of hydrogen-bond acceptors (Lipinski definition) is 3. The number of ketones is 1. The fourth-order valence-corrected chi connectivity index (χ4v) is 1.82. The molecular formula is C17H23NO4. The SMILES string of the molecule is Cc1ccc(C(=O)CCC(=O)NCCC(C)(C)C(=O)O)cc1. The Morgan fingerprint density at radius 3 is 2.23 bits per heavy atom. The van der Waals surface area contributed by atoms with E-state index in [0.29, 0.717) is 12.0 Å². The Morgan fingerprint density at radius 1 is 1.09 bits per heavy atom. The van der Waals surface area contributed by atoms with Crippen LogP contribution < -0.4 is 5.32 Å². The third kappa shape index (κ3) is 5.68. The van der Waals surface area contributed by atoms with Crippen LogP contribution in [0.4, 0.5) is 0 Å². The number of benzene rings is 1. The van der Waals surface area contributed by atoms with E-state index >= 15 is 0 Å². The van der Waals surface area contributed by atoms with Gasteiger partial charge in [-0.05, 0) is 27.2 Å². The second-order valence-electron chi connectivity index (χ2n) is 6.08. The van der Waals surface area contributed by atoms with Gasteiger partial charge >= 0.3 is 5.97 Å². The van der Waals surface area contributed by atoms with Crippen LogP contribution in [0.15, 0.2) is 24.3 Å². The molecule has 5 heteroatoms. The van der Waals surface area contributed by atoms with Crippen molar-refractivity contribution in [3.05, 3.63) is 35.4 Å². The third-order valence-corrected chi connectivity index (χ3v) is 3.60. The van der Waals surface area contributed by atoms with Gasteiger partial charge in [0.15, 0.2) is 5.78 Å². The third-order valence-electron chi connectivity index (χ3n) is 3.60. The molecule has 120 valence electrons. The highest BCUT2D eigenvalue weighted by atomic mass is 16.4. The minimum absolute atomic E-state index is 0.0685. The average Bonchev–Trinajstić information content (AvgIpc) is 2.45. The lowest BCUT2D eigenvalue weighted by Crippen LogP contribution is -2.32. The Morgan fingerprint density at radius 2 is 1.68 bits per heavy atom. The second-order valence-corrected chi connectivity index (χ2v) is 6.08. The molecule has 0 aliphatic heterocycles. The number of Topliss-reactive ketones (excluding diaryl/α,β-unsaturated/α-hetero) is 1. The van der Waals surface area contributed by atoms with Gasteiger partial charge in [0.25, 0.3) is 0 Å². The van der Waals surface area contributed by atoms with Crippen LogP contribution in [0.2, 0.25) is 0 Å². The second kappa shape index (κ2) is 7.73. The maximum atomic E-state index is 11.9. The molecule has 0 aliphatic carbocycles. The molecule has 22 heavy (non-hydrogen) atoms. The molecule has 0 aliphatic rings. The van der Waals surface area contributed by atoms with Crippen molar-refractivity contribution in [2.24, 2.45) is 5.41 Å². The number of carbonyl (C=O) groups is 3. The molecule has 5 nitrogen and oxygen atoms in total. The number of nitrogens with one attached hydrogen (secondary N) is 1. The van der Waals surface area contributed by atoms with Gasteiger partial charge in [0.05, 0.1) is 5.41 Å². The molecule has 0 radical (unpaired) electrons. The number of carboxylic acid groups (broad SMARTS) is 1. The predicted molar refractivity (Wildman–Crippen MR) is 83.8 cm³/mol. The molecule has 0 fully saturated rings. The van der Waals surface area contributed by atoms with Crippen LogP contribution in [-0.2, 0) is 9.59 Å². The largest absolute Gasteiger partial charge is 0.481 e. The molecular weight excluding hydrogens is 282 g/mol. The summed E-state index contributed by atoms with van der Waals surface area (Å²) in [7, 11) is 0. The first-order valence-electron chi connectivity index (χ1n) is 7.32. The summed E-state index contributed by atoms with van der Waals surface area (Å²) in [6.07, 6.45) is 0.609. The molecule has 0 spiro atoms. The normalized spacial score (nSPS) is 11.0. The van der Waals surface area contributed by atoms with E-state index in [1.165, 1.54) is 0 Å². The van der Waals surface area contributed by atoms with Crippen LogP contribution in [0.25, 0.3) is 0 Å². The molecule has 0 saturated carbocycles. The van der Waals surface area contributed by atoms with Crippen LogP contribution in [-0.4, -0.2) is 29.3 Å². The summed E-state index contributed by atoms with van der Waals surface area (Å²) < 4.78 is 0. The maximum Gasteiger partial charge on any atom is 0.309 e. The Bertz CT molecular complexity index is 546. The standard InChI is InChI=1S/C17H23NO4/c1-12-4-6-13(7-5-12)14(19)8-9-15(20)18-11-10-17(2,3)16(21)22/h4-7H,8-11H2,1-3H3,(H,18,20)(H,21,22). The summed E-state index contributed by atoms with van der Waals surface area (Å²) in [4.78, 5) is 34.5. The van der Waals surface area contributed by atoms with E-state index in [-0.39, 0.29) is 31.1 Å². The molecule has 0 aromatic heterocycles. The van der Waals surface area contributed by atoms with Crippen molar-refractivity contribution < 1.29 is 19.5 Å². The summed E-state index contributed by atoms with van der Waals surface area (Å²) >= 11 is 0. The number of hydrogen-bond donors (Lipinski definition) is 2. The van der Waals surface area contributed by atoms with Crippen molar-refractivity contribution in [2.45, 2.75) is 40.0 Å². The molecule has 2 N–H and O–H groups in total. The van der Waals surface area contributed by atoms with Gasteiger partial charge in [0.2, 0.25) is 5.91 Å². The molecule has 0 unspecified atom stereocenters. The first-order valence-corrected chi connectivity index (χ1v) is 7.32. The molecule has 0 atom stereocenters. The maximum absolute atomic E-state index is 11.9. The summed E-state index contributed by atoms with van der Waals surface area (Å²) in [5, 5.41) is 11.6. The van der Waals surface area contributed by atoms with Gasteiger partial charge in [-0.2, -0.15) is 0 Å². The summed E-state index contributed by atoms with van der Waals surface area (Å²) in [5.41, 5.74) is 0.811. The number of amides is 1. The van der Waals surface area contributed by atoms with Gasteiger partial charge in [-0.3, -0.25) is 14.4 Å². The van der Waals surface area contributed by atoms with Gasteiger partial charge in [0.1, 0.15) is 0 Å². The lowest BCUT2D eigenvalue weighted by Gasteiger charge is -2.18. The van der Waals surface area contributed by atoms with E-state index in [1.807, 2.05) is 19.1 Å². The molecule has 0 heterocycles. The van der Waals surface area contributed by atoms with E-state index in [9.17, 15) is 14.4 Å². The predicted octanol–water partition coefficient (Wildman–Crippen LogP) is 2.58. The van der Waals surface area contributed by atoms with Crippen molar-refractivity contribution in [3.8, 4) is 0 Å². The number of aryl methyl sites for hydroxylation is 1. The van der Waals surface area contributed by atoms with Crippen LogP contribution in [0.1, 0.15) is 49.0 Å². The zero-order valence-corrected chi connectivity index (χ0v) is 13.3. The highest BCUT2D eigenvalue weighted by Crippen LogP contribution is 2.19. The van der Waals surface area contributed by atoms with Crippen molar-refractivity contribution in [3.63, 3.8) is 0 Å². The van der Waals surface area contributed by atoms with Crippen LogP contribution in [0.5, 0.6) is 0 Å². The zero-order chi connectivity index (χ0) is 16.8. The van der Waals surface area contributed by atoms with Gasteiger partial charge in [-0.1, -0.05) is 29.8 Å². The lowest BCUT2D eigenvalue weighted by molar-refractivity contribution is -0.147. The lowest BCUT2D eigenvalue weighted by atomic mass is 9.90. The van der Waals surface area contributed by atoms with E-state index in [0.717, 1.165) is 5.56 Å². The Balaban J connectivity index is 2.33. The number of rotatable bonds is 8. The Kier molecular flexibility index (Phi) is 6.28. The molecule has 0 saturated heterocycles. The van der Waals surface area contributed by atoms with Crippen molar-refractivity contribution in [1.29, 1.82) is 0 Å². The van der Waals surface area contributed by atoms with Crippen LogP contribution in [0, 0.1) is 12.3 Å². The van der Waals surface area contributed by atoms with Crippen molar-refractivity contribution in [2.75, 3.05) is 6.54 Å². The molecule has 1 aromatic rings. The van der Waals surface area contributed by atoms with E-state index < -0.39 is 11.4 Å². The fourth-order valence-electron chi connectivity index (χ4n) is 1.82. The minimum Gasteiger partial charge on any atom is -0.481 e. The highest BCUT2D eigenvalue weighted by Gasteiger charge is 2.26. The zero-order valence-electron chi connectivity index (χ0n) is 13.3. The minimum atomic E-state index is -0.892. The average molecular weight is 305 g/mol.